The molecule has 88 valence electrons. The summed E-state index contributed by atoms with van der Waals surface area (Å²) >= 11 is 0. The molecule has 0 radical (unpaired) electrons. The fraction of sp³-hybridized carbons (Fsp3) is 0. The van der Waals surface area contributed by atoms with Crippen LogP contribution in [0, 0.1) is 0 Å². The first-order valence-corrected chi connectivity index (χ1v) is 4.19. The maximum atomic E-state index is 8.74. The van der Waals surface area contributed by atoms with Crippen molar-refractivity contribution in [2.75, 3.05) is 0 Å². The van der Waals surface area contributed by atoms with Crippen molar-refractivity contribution in [1.29, 1.82) is 0 Å². The molecule has 0 saturated heterocycles. The van der Waals surface area contributed by atoms with Crippen LogP contribution in [0.1, 0.15) is 0 Å². The van der Waals surface area contributed by atoms with E-state index in [2.05, 4.69) is 0 Å². The van der Waals surface area contributed by atoms with E-state index < -0.39 is 20.8 Å². The van der Waals surface area contributed by atoms with E-state index in [0.29, 0.717) is 0 Å². The van der Waals surface area contributed by atoms with E-state index >= 15 is 0 Å². The van der Waals surface area contributed by atoms with E-state index in [4.69, 9.17) is 35.0 Å². The van der Waals surface area contributed by atoms with Gasteiger partial charge < -0.3 is 12.3 Å². The van der Waals surface area contributed by atoms with Crippen LogP contribution in [-0.2, 0) is 37.9 Å². The molecular formula is H10FeN2O8S2. The quantitative estimate of drug-likeness (QED) is 0.236. The third-order valence-corrected chi connectivity index (χ3v) is 0. The first-order chi connectivity index (χ1) is 4.00. The summed E-state index contributed by atoms with van der Waals surface area (Å²) in [6, 6.07) is 0. The molecule has 0 rings (SSSR count). The Balaban J connectivity index is -0.0000000267. The molecule has 0 unspecified atom stereocenters. The van der Waals surface area contributed by atoms with Crippen molar-refractivity contribution >= 4 is 20.8 Å². The molecule has 0 aromatic carbocycles. The van der Waals surface area contributed by atoms with Crippen LogP contribution < -0.4 is 12.3 Å². The zero-order valence-electron chi connectivity index (χ0n) is 6.01. The van der Waals surface area contributed by atoms with E-state index in [1.165, 1.54) is 0 Å². The summed E-state index contributed by atoms with van der Waals surface area (Å²) in [6.45, 7) is 0. The van der Waals surface area contributed by atoms with Crippen molar-refractivity contribution in [3.63, 3.8) is 0 Å². The molecule has 10 nitrogen and oxygen atoms in total. The van der Waals surface area contributed by atoms with E-state index in [1.807, 2.05) is 0 Å². The largest absolute Gasteiger partial charge is 0.394 e. The molecule has 0 aliphatic carbocycles. The van der Waals surface area contributed by atoms with Gasteiger partial charge in [-0.2, -0.15) is 16.8 Å². The molecule has 0 amide bonds. The van der Waals surface area contributed by atoms with Gasteiger partial charge >= 0.3 is 20.8 Å². The Morgan fingerprint density at radius 2 is 0.615 bits per heavy atom. The van der Waals surface area contributed by atoms with Crippen LogP contribution >= 0.6 is 0 Å². The molecule has 0 spiro atoms. The van der Waals surface area contributed by atoms with Gasteiger partial charge in [0.2, 0.25) is 0 Å². The predicted molar refractivity (Wildman–Crippen MR) is 38.4 cm³/mol. The van der Waals surface area contributed by atoms with Crippen molar-refractivity contribution < 1.29 is 52.1 Å². The number of hydrogen-bond donors (Lipinski definition) is 6. The Bertz CT molecular complexity index is 217. The van der Waals surface area contributed by atoms with Crippen LogP contribution in [0.5, 0.6) is 0 Å². The van der Waals surface area contributed by atoms with Crippen LogP contribution in [-0.4, -0.2) is 35.0 Å². The molecular weight excluding hydrogens is 276 g/mol. The molecule has 10 N–H and O–H groups in total. The van der Waals surface area contributed by atoms with E-state index in [9.17, 15) is 0 Å². The van der Waals surface area contributed by atoms with Crippen LogP contribution in [0.25, 0.3) is 0 Å². The zero-order valence-corrected chi connectivity index (χ0v) is 8.74. The summed E-state index contributed by atoms with van der Waals surface area (Å²) in [7, 11) is -9.33. The molecule has 0 saturated carbocycles. The van der Waals surface area contributed by atoms with Gasteiger partial charge in [-0.05, 0) is 0 Å². The van der Waals surface area contributed by atoms with Gasteiger partial charge in [0.15, 0.2) is 0 Å². The molecule has 13 heteroatoms. The molecule has 13 heavy (non-hydrogen) atoms. The van der Waals surface area contributed by atoms with Crippen molar-refractivity contribution in [3.8, 4) is 0 Å². The average molecular weight is 286 g/mol. The minimum absolute atomic E-state index is 0. The number of hydrogen-bond acceptors (Lipinski definition) is 6. The molecule has 0 fully saturated rings. The summed E-state index contributed by atoms with van der Waals surface area (Å²) in [5.41, 5.74) is 0. The van der Waals surface area contributed by atoms with Gasteiger partial charge in [-0.25, -0.2) is 0 Å². The molecule has 0 bridgehead atoms. The standard InChI is InChI=1S/Fe.2H3N.2H2O4S/c;;;2*1-5(2,3)4/h;2*1H3;2*(H2,1,2,3,4). The smallest absolute Gasteiger partial charge is 0.344 e. The third-order valence-electron chi connectivity index (χ3n) is 0. The zero-order chi connectivity index (χ0) is 9.00. The topological polar surface area (TPSA) is 219 Å². The molecule has 0 aliphatic rings. The Morgan fingerprint density at radius 3 is 0.615 bits per heavy atom. The van der Waals surface area contributed by atoms with Gasteiger partial charge in [0.05, 0.1) is 0 Å². The van der Waals surface area contributed by atoms with Crippen molar-refractivity contribution in [1.82, 2.24) is 12.3 Å². The minimum Gasteiger partial charge on any atom is -0.344 e. The summed E-state index contributed by atoms with van der Waals surface area (Å²) in [5, 5.41) is 0. The second kappa shape index (κ2) is 10.3. The molecule has 0 heterocycles. The summed E-state index contributed by atoms with van der Waals surface area (Å²) in [4.78, 5) is 0. The van der Waals surface area contributed by atoms with Crippen LogP contribution in [0.2, 0.25) is 0 Å². The Hall–Kier alpha value is 0.179. The second-order valence-corrected chi connectivity index (χ2v) is 2.69. The van der Waals surface area contributed by atoms with Gasteiger partial charge in [-0.1, -0.05) is 0 Å². The normalized spacial score (nSPS) is 8.92. The van der Waals surface area contributed by atoms with Crippen LogP contribution in [0.4, 0.5) is 0 Å². The van der Waals surface area contributed by atoms with E-state index in [1.54, 1.807) is 0 Å². The van der Waals surface area contributed by atoms with Crippen LogP contribution in [0.15, 0.2) is 0 Å². The fourth-order valence-electron chi connectivity index (χ4n) is 0. The average Bonchev–Trinajstić information content (AvgIpc) is 1.12. The van der Waals surface area contributed by atoms with Gasteiger partial charge in [-0.3, -0.25) is 18.2 Å². The van der Waals surface area contributed by atoms with Gasteiger partial charge in [0, 0.05) is 17.1 Å². The summed E-state index contributed by atoms with van der Waals surface area (Å²) in [5.74, 6) is 0. The van der Waals surface area contributed by atoms with Gasteiger partial charge in [-0.15, -0.1) is 0 Å². The summed E-state index contributed by atoms with van der Waals surface area (Å²) < 4.78 is 63.2. The molecule has 0 aromatic heterocycles. The van der Waals surface area contributed by atoms with Crippen molar-refractivity contribution in [3.05, 3.63) is 0 Å². The molecule has 0 aromatic rings. The minimum atomic E-state index is -4.67. The monoisotopic (exact) mass is 286 g/mol. The number of rotatable bonds is 0. The van der Waals surface area contributed by atoms with Gasteiger partial charge in [0.25, 0.3) is 0 Å². The van der Waals surface area contributed by atoms with Crippen molar-refractivity contribution in [2.45, 2.75) is 0 Å². The van der Waals surface area contributed by atoms with Gasteiger partial charge in [0.1, 0.15) is 0 Å². The third kappa shape index (κ3) is 39200. The fourth-order valence-corrected chi connectivity index (χ4v) is 0. The SMILES string of the molecule is N.N.O=S(=O)(O)O.O=S(=O)(O)O.[Fe]. The first kappa shape index (κ1) is 29.2. The molecule has 0 aliphatic heterocycles. The van der Waals surface area contributed by atoms with Crippen LogP contribution in [0.3, 0.4) is 0 Å². The maximum absolute atomic E-state index is 8.74. The van der Waals surface area contributed by atoms with E-state index in [0.717, 1.165) is 0 Å². The Morgan fingerprint density at radius 1 is 0.615 bits per heavy atom. The maximum Gasteiger partial charge on any atom is 0.394 e. The van der Waals surface area contributed by atoms with Crippen molar-refractivity contribution in [2.24, 2.45) is 0 Å². The first-order valence-electron chi connectivity index (χ1n) is 1.40. The molecule has 0 atom stereocenters. The Kier molecular flexibility index (Phi) is 23.1. The predicted octanol–water partition coefficient (Wildman–Crippen LogP) is -0.984. The Labute approximate surface area is 85.5 Å². The summed E-state index contributed by atoms with van der Waals surface area (Å²) in [6.07, 6.45) is 0. The van der Waals surface area contributed by atoms with E-state index in [-0.39, 0.29) is 29.4 Å². The second-order valence-electron chi connectivity index (χ2n) is 0.896.